The molecule has 0 aliphatic carbocycles. The van der Waals surface area contributed by atoms with E-state index in [1.54, 1.807) is 0 Å². The molecule has 0 radical (unpaired) electrons. The molecule has 0 aliphatic rings. The Hall–Kier alpha value is -1.35. The number of rotatable bonds is 2. The minimum atomic E-state index is -0.0367. The van der Waals surface area contributed by atoms with Gasteiger partial charge in [0, 0.05) is 6.04 Å². The van der Waals surface area contributed by atoms with Crippen molar-refractivity contribution >= 4 is 11.0 Å². The molecule has 92 valence electrons. The quantitative estimate of drug-likeness (QED) is 0.862. The SMILES string of the molecule is Cc1cc2nc(C(C)N)n(C(C)C)c2cc1C. The van der Waals surface area contributed by atoms with E-state index in [0.717, 1.165) is 11.3 Å². The van der Waals surface area contributed by atoms with E-state index in [9.17, 15) is 0 Å². The lowest BCUT2D eigenvalue weighted by Gasteiger charge is -2.15. The number of hydrogen-bond donors (Lipinski definition) is 1. The zero-order valence-corrected chi connectivity index (χ0v) is 11.3. The Morgan fingerprint density at radius 1 is 1.12 bits per heavy atom. The standard InChI is InChI=1S/C14H21N3/c1-8(2)17-13-7-10(4)9(3)6-12(13)16-14(17)11(5)15/h6-8,11H,15H2,1-5H3. The van der Waals surface area contributed by atoms with Gasteiger partial charge in [-0.2, -0.15) is 0 Å². The summed E-state index contributed by atoms with van der Waals surface area (Å²) >= 11 is 0. The summed E-state index contributed by atoms with van der Waals surface area (Å²) < 4.78 is 2.24. The third-order valence-corrected chi connectivity index (χ3v) is 3.26. The third kappa shape index (κ3) is 1.95. The first-order valence-electron chi connectivity index (χ1n) is 6.16. The molecule has 2 aromatic rings. The summed E-state index contributed by atoms with van der Waals surface area (Å²) in [7, 11) is 0. The highest BCUT2D eigenvalue weighted by atomic mass is 15.1. The Kier molecular flexibility index (Phi) is 2.96. The molecule has 1 heterocycles. The molecular formula is C14H21N3. The van der Waals surface area contributed by atoms with Crippen LogP contribution in [0.1, 0.15) is 49.8 Å². The summed E-state index contributed by atoms with van der Waals surface area (Å²) in [4.78, 5) is 4.67. The van der Waals surface area contributed by atoms with Crippen molar-refractivity contribution in [1.82, 2.24) is 9.55 Å². The molecule has 3 nitrogen and oxygen atoms in total. The smallest absolute Gasteiger partial charge is 0.126 e. The number of aromatic nitrogens is 2. The monoisotopic (exact) mass is 231 g/mol. The van der Waals surface area contributed by atoms with E-state index < -0.39 is 0 Å². The van der Waals surface area contributed by atoms with E-state index in [-0.39, 0.29) is 6.04 Å². The number of nitrogens with zero attached hydrogens (tertiary/aromatic N) is 2. The Morgan fingerprint density at radius 2 is 1.71 bits per heavy atom. The van der Waals surface area contributed by atoms with Gasteiger partial charge >= 0.3 is 0 Å². The third-order valence-electron chi connectivity index (χ3n) is 3.26. The Labute approximate surface area is 103 Å². The average Bonchev–Trinajstić information content (AvgIpc) is 2.57. The van der Waals surface area contributed by atoms with Crippen molar-refractivity contribution in [1.29, 1.82) is 0 Å². The topological polar surface area (TPSA) is 43.8 Å². The molecule has 2 N–H and O–H groups in total. The number of nitrogens with two attached hydrogens (primary N) is 1. The van der Waals surface area contributed by atoms with E-state index in [0.29, 0.717) is 6.04 Å². The fraction of sp³-hybridized carbons (Fsp3) is 0.500. The molecule has 17 heavy (non-hydrogen) atoms. The van der Waals surface area contributed by atoms with Crippen molar-refractivity contribution in [3.63, 3.8) is 0 Å². The van der Waals surface area contributed by atoms with Crippen LogP contribution in [0.5, 0.6) is 0 Å². The van der Waals surface area contributed by atoms with Crippen LogP contribution in [0.25, 0.3) is 11.0 Å². The van der Waals surface area contributed by atoms with E-state index in [4.69, 9.17) is 5.73 Å². The van der Waals surface area contributed by atoms with Crippen molar-refractivity contribution in [3.05, 3.63) is 29.1 Å². The first kappa shape index (κ1) is 12.1. The van der Waals surface area contributed by atoms with Crippen LogP contribution in [-0.4, -0.2) is 9.55 Å². The lowest BCUT2D eigenvalue weighted by Crippen LogP contribution is -2.14. The van der Waals surface area contributed by atoms with Crippen LogP contribution in [0.3, 0.4) is 0 Å². The highest BCUT2D eigenvalue weighted by molar-refractivity contribution is 5.78. The largest absolute Gasteiger partial charge is 0.324 e. The van der Waals surface area contributed by atoms with Gasteiger partial charge in [0.1, 0.15) is 5.82 Å². The number of aryl methyl sites for hydroxylation is 2. The van der Waals surface area contributed by atoms with Gasteiger partial charge in [0.15, 0.2) is 0 Å². The molecule has 1 atom stereocenters. The second-order valence-corrected chi connectivity index (χ2v) is 5.15. The molecule has 0 saturated carbocycles. The second kappa shape index (κ2) is 4.15. The molecule has 1 aromatic heterocycles. The summed E-state index contributed by atoms with van der Waals surface area (Å²) in [6.45, 7) is 10.6. The summed E-state index contributed by atoms with van der Waals surface area (Å²) in [6.07, 6.45) is 0. The lowest BCUT2D eigenvalue weighted by atomic mass is 10.1. The predicted octanol–water partition coefficient (Wildman–Crippen LogP) is 3.25. The second-order valence-electron chi connectivity index (χ2n) is 5.15. The van der Waals surface area contributed by atoms with Gasteiger partial charge in [-0.15, -0.1) is 0 Å². The van der Waals surface area contributed by atoms with E-state index in [1.807, 2.05) is 6.92 Å². The molecular weight excluding hydrogens is 210 g/mol. The fourth-order valence-corrected chi connectivity index (χ4v) is 2.23. The Morgan fingerprint density at radius 3 is 2.24 bits per heavy atom. The summed E-state index contributed by atoms with van der Waals surface area (Å²) in [5.41, 5.74) is 10.8. The number of hydrogen-bond acceptors (Lipinski definition) is 2. The molecule has 0 bridgehead atoms. The molecule has 0 saturated heterocycles. The minimum Gasteiger partial charge on any atom is -0.324 e. The highest BCUT2D eigenvalue weighted by Gasteiger charge is 2.16. The molecule has 0 spiro atoms. The van der Waals surface area contributed by atoms with Crippen LogP contribution in [0.4, 0.5) is 0 Å². The zero-order valence-electron chi connectivity index (χ0n) is 11.3. The molecule has 0 fully saturated rings. The van der Waals surface area contributed by atoms with E-state index in [1.165, 1.54) is 16.6 Å². The average molecular weight is 231 g/mol. The van der Waals surface area contributed by atoms with Gasteiger partial charge in [0.25, 0.3) is 0 Å². The van der Waals surface area contributed by atoms with Crippen molar-refractivity contribution in [2.45, 2.75) is 46.7 Å². The van der Waals surface area contributed by atoms with Crippen molar-refractivity contribution in [2.75, 3.05) is 0 Å². The maximum absolute atomic E-state index is 6.01. The minimum absolute atomic E-state index is 0.0367. The lowest BCUT2D eigenvalue weighted by molar-refractivity contribution is 0.557. The maximum atomic E-state index is 6.01. The van der Waals surface area contributed by atoms with Crippen LogP contribution in [-0.2, 0) is 0 Å². The number of fused-ring (bicyclic) bond motifs is 1. The Bertz CT molecular complexity index is 550. The van der Waals surface area contributed by atoms with Gasteiger partial charge in [0.2, 0.25) is 0 Å². The highest BCUT2D eigenvalue weighted by Crippen LogP contribution is 2.26. The van der Waals surface area contributed by atoms with Crippen LogP contribution in [0.2, 0.25) is 0 Å². The van der Waals surface area contributed by atoms with Gasteiger partial charge in [-0.25, -0.2) is 4.98 Å². The molecule has 1 aromatic carbocycles. The van der Waals surface area contributed by atoms with Crippen molar-refractivity contribution in [2.24, 2.45) is 5.73 Å². The van der Waals surface area contributed by atoms with Crippen LogP contribution in [0, 0.1) is 13.8 Å². The molecule has 3 heteroatoms. The predicted molar refractivity (Wildman–Crippen MR) is 72.2 cm³/mol. The summed E-state index contributed by atoms with van der Waals surface area (Å²) in [5.74, 6) is 0.972. The summed E-state index contributed by atoms with van der Waals surface area (Å²) in [6, 6.07) is 4.70. The van der Waals surface area contributed by atoms with Gasteiger partial charge < -0.3 is 10.3 Å². The van der Waals surface area contributed by atoms with Crippen molar-refractivity contribution in [3.8, 4) is 0 Å². The first-order chi connectivity index (χ1) is 7.91. The molecule has 1 unspecified atom stereocenters. The molecule has 0 amide bonds. The number of imidazole rings is 1. The summed E-state index contributed by atoms with van der Waals surface area (Å²) in [5, 5.41) is 0. The number of benzene rings is 1. The van der Waals surface area contributed by atoms with E-state index >= 15 is 0 Å². The first-order valence-corrected chi connectivity index (χ1v) is 6.16. The van der Waals surface area contributed by atoms with Crippen LogP contribution >= 0.6 is 0 Å². The van der Waals surface area contributed by atoms with Gasteiger partial charge in [-0.05, 0) is 57.9 Å². The zero-order chi connectivity index (χ0) is 12.7. The molecule has 0 aliphatic heterocycles. The normalized spacial score (nSPS) is 13.6. The van der Waals surface area contributed by atoms with Crippen LogP contribution in [0.15, 0.2) is 12.1 Å². The van der Waals surface area contributed by atoms with Gasteiger partial charge in [-0.3, -0.25) is 0 Å². The molecule has 2 rings (SSSR count). The maximum Gasteiger partial charge on any atom is 0.126 e. The Balaban J connectivity index is 2.80. The van der Waals surface area contributed by atoms with Gasteiger partial charge in [0.05, 0.1) is 17.1 Å². The van der Waals surface area contributed by atoms with Crippen LogP contribution < -0.4 is 5.73 Å². The van der Waals surface area contributed by atoms with E-state index in [2.05, 4.69) is 49.4 Å². The van der Waals surface area contributed by atoms with Crippen molar-refractivity contribution < 1.29 is 0 Å². The fourth-order valence-electron chi connectivity index (χ4n) is 2.23. The van der Waals surface area contributed by atoms with Gasteiger partial charge in [-0.1, -0.05) is 0 Å².